The Hall–Kier alpha value is -2.75. The van der Waals surface area contributed by atoms with Gasteiger partial charge < -0.3 is 4.52 Å². The first-order valence-electron chi connectivity index (χ1n) is 9.19. The average molecular weight is 439 g/mol. The quantitative estimate of drug-likeness (QED) is 0.469. The summed E-state index contributed by atoms with van der Waals surface area (Å²) in [4.78, 5) is 3.34. The molecule has 1 aliphatic rings. The van der Waals surface area contributed by atoms with Gasteiger partial charge in [-0.15, -0.1) is 0 Å². The maximum absolute atomic E-state index is 14.1. The van der Waals surface area contributed by atoms with E-state index in [1.165, 1.54) is 30.3 Å². The van der Waals surface area contributed by atoms with E-state index in [0.717, 1.165) is 12.8 Å². The van der Waals surface area contributed by atoms with Crippen LogP contribution in [0.5, 0.6) is 0 Å². The molecule has 1 saturated carbocycles. The highest BCUT2D eigenvalue weighted by atomic mass is 32.2. The molecule has 158 valence electrons. The van der Waals surface area contributed by atoms with Gasteiger partial charge in [-0.25, -0.2) is 8.60 Å². The van der Waals surface area contributed by atoms with Crippen molar-refractivity contribution in [3.05, 3.63) is 65.8 Å². The Balaban J connectivity index is 1.61. The van der Waals surface area contributed by atoms with Crippen molar-refractivity contribution in [2.45, 2.75) is 24.8 Å². The predicted octanol–water partition coefficient (Wildman–Crippen LogP) is 5.60. The molecule has 4 rings (SSSR count). The van der Waals surface area contributed by atoms with Gasteiger partial charge in [-0.1, -0.05) is 23.4 Å². The van der Waals surface area contributed by atoms with Crippen molar-refractivity contribution in [2.75, 3.05) is 5.75 Å². The maximum atomic E-state index is 14.1. The van der Waals surface area contributed by atoms with Crippen LogP contribution in [0.4, 0.5) is 23.2 Å². The molecule has 1 fully saturated rings. The van der Waals surface area contributed by atoms with Gasteiger partial charge in [0, 0.05) is 16.9 Å². The molecule has 3 aromatic rings. The molecule has 0 bridgehead atoms. The van der Waals surface area contributed by atoms with Gasteiger partial charge >= 0.3 is 12.1 Å². The molecule has 10 heteroatoms. The fourth-order valence-corrected chi connectivity index (χ4v) is 5.51. The molecule has 0 amide bonds. The summed E-state index contributed by atoms with van der Waals surface area (Å²) in [7, 11) is -2.76. The van der Waals surface area contributed by atoms with E-state index in [2.05, 4.69) is 19.0 Å². The summed E-state index contributed by atoms with van der Waals surface area (Å²) in [6.45, 7) is 0. The van der Waals surface area contributed by atoms with Crippen LogP contribution in [-0.4, -0.2) is 20.1 Å². The highest BCUT2D eigenvalue weighted by Crippen LogP contribution is 2.34. The number of rotatable bonds is 6. The largest absolute Gasteiger partial charge is 0.471 e. The summed E-state index contributed by atoms with van der Waals surface area (Å²) in [5, 5.41) is 3.34. The fourth-order valence-electron chi connectivity index (χ4n) is 2.96. The van der Waals surface area contributed by atoms with Crippen LogP contribution in [0.2, 0.25) is 0 Å². The number of hydrogen-bond acceptors (Lipinski definition) is 5. The Labute approximate surface area is 170 Å². The van der Waals surface area contributed by atoms with Gasteiger partial charge in [-0.2, -0.15) is 22.5 Å². The summed E-state index contributed by atoms with van der Waals surface area (Å²) >= 11 is 0. The first kappa shape index (κ1) is 20.5. The van der Waals surface area contributed by atoms with Crippen LogP contribution in [0.25, 0.3) is 11.4 Å². The van der Waals surface area contributed by atoms with E-state index in [0.29, 0.717) is 28.5 Å². The average Bonchev–Trinajstić information content (AvgIpc) is 3.33. The predicted molar refractivity (Wildman–Crippen MR) is 103 cm³/mol. The zero-order valence-electron chi connectivity index (χ0n) is 15.6. The lowest BCUT2D eigenvalue weighted by Crippen LogP contribution is -2.11. The van der Waals surface area contributed by atoms with Crippen LogP contribution in [0.15, 0.2) is 57.4 Å². The zero-order valence-corrected chi connectivity index (χ0v) is 16.4. The van der Waals surface area contributed by atoms with Crippen LogP contribution in [-0.2, 0) is 21.7 Å². The second kappa shape index (κ2) is 7.82. The minimum absolute atomic E-state index is 0.00227. The van der Waals surface area contributed by atoms with E-state index < -0.39 is 27.6 Å². The highest BCUT2D eigenvalue weighted by molar-refractivity contribution is 7.93. The molecule has 0 radical (unpaired) electrons. The van der Waals surface area contributed by atoms with Gasteiger partial charge in [0.05, 0.1) is 21.2 Å². The Morgan fingerprint density at radius 1 is 1.10 bits per heavy atom. The standard InChI is InChI=1S/C20H17F4N3O2S/c21-17-4-2-1-3-15(17)12-30(28,11-13-5-6-13)27-16-9-7-14(8-10-16)18-25-19(29-26-18)20(22,23)24/h1-4,7-10,13H,5-6,11-12H2. The summed E-state index contributed by atoms with van der Waals surface area (Å²) in [6.07, 6.45) is -2.77. The minimum Gasteiger partial charge on any atom is -0.329 e. The summed E-state index contributed by atoms with van der Waals surface area (Å²) < 4.78 is 74.0. The molecule has 5 nitrogen and oxygen atoms in total. The van der Waals surface area contributed by atoms with E-state index in [1.54, 1.807) is 18.2 Å². The van der Waals surface area contributed by atoms with Gasteiger partial charge in [0.1, 0.15) is 5.82 Å². The molecule has 1 heterocycles. The third-order valence-electron chi connectivity index (χ3n) is 4.60. The molecule has 1 unspecified atom stereocenters. The minimum atomic E-state index is -4.72. The fraction of sp³-hybridized carbons (Fsp3) is 0.300. The zero-order chi connectivity index (χ0) is 21.4. The number of nitrogens with zero attached hydrogens (tertiary/aromatic N) is 3. The lowest BCUT2D eigenvalue weighted by Gasteiger charge is -2.11. The first-order valence-corrected chi connectivity index (χ1v) is 11.0. The molecule has 0 aliphatic heterocycles. The smallest absolute Gasteiger partial charge is 0.329 e. The molecule has 0 N–H and O–H groups in total. The molecular formula is C20H17F4N3O2S. The van der Waals surface area contributed by atoms with Gasteiger partial charge in [0.25, 0.3) is 0 Å². The van der Waals surface area contributed by atoms with Crippen molar-refractivity contribution in [1.29, 1.82) is 0 Å². The van der Waals surface area contributed by atoms with Crippen molar-refractivity contribution in [3.8, 4) is 11.4 Å². The highest BCUT2D eigenvalue weighted by Gasteiger charge is 2.38. The number of hydrogen-bond donors (Lipinski definition) is 0. The molecule has 1 atom stereocenters. The molecule has 2 aromatic carbocycles. The van der Waals surface area contributed by atoms with E-state index >= 15 is 0 Å². The number of alkyl halides is 3. The van der Waals surface area contributed by atoms with Crippen LogP contribution in [0, 0.1) is 11.7 Å². The summed E-state index contributed by atoms with van der Waals surface area (Å²) in [5.41, 5.74) is 1.03. The Kier molecular flexibility index (Phi) is 5.35. The topological polar surface area (TPSA) is 68.3 Å². The molecule has 1 aromatic heterocycles. The summed E-state index contributed by atoms with van der Waals surface area (Å²) in [6, 6.07) is 12.2. The van der Waals surface area contributed by atoms with Crippen molar-refractivity contribution >= 4 is 15.4 Å². The van der Waals surface area contributed by atoms with Gasteiger partial charge in [-0.05, 0) is 49.1 Å². The second-order valence-electron chi connectivity index (χ2n) is 7.18. The SMILES string of the molecule is O=S(Cc1ccccc1F)(CC1CC1)=Nc1ccc(-c2noc(C(F)(F)F)n2)cc1. The van der Waals surface area contributed by atoms with Crippen LogP contribution in [0.1, 0.15) is 24.3 Å². The van der Waals surface area contributed by atoms with Crippen LogP contribution in [0.3, 0.4) is 0 Å². The van der Waals surface area contributed by atoms with E-state index in [9.17, 15) is 21.8 Å². The van der Waals surface area contributed by atoms with Gasteiger partial charge in [0.2, 0.25) is 5.82 Å². The molecule has 0 saturated heterocycles. The van der Waals surface area contributed by atoms with Crippen molar-refractivity contribution in [1.82, 2.24) is 10.1 Å². The first-order chi connectivity index (χ1) is 14.2. The van der Waals surface area contributed by atoms with Gasteiger partial charge in [-0.3, -0.25) is 0 Å². The lowest BCUT2D eigenvalue weighted by atomic mass is 10.2. The maximum Gasteiger partial charge on any atom is 0.471 e. The van der Waals surface area contributed by atoms with Crippen molar-refractivity contribution in [3.63, 3.8) is 0 Å². The second-order valence-corrected chi connectivity index (χ2v) is 9.53. The van der Waals surface area contributed by atoms with E-state index in [-0.39, 0.29) is 11.6 Å². The third kappa shape index (κ3) is 4.86. The molecule has 0 spiro atoms. The number of halogens is 4. The summed E-state index contributed by atoms with van der Waals surface area (Å²) in [5.74, 6) is -1.38. The molecule has 1 aliphatic carbocycles. The normalized spacial score (nSPS) is 16.3. The van der Waals surface area contributed by atoms with Gasteiger partial charge in [0.15, 0.2) is 0 Å². The molecular weight excluding hydrogens is 422 g/mol. The van der Waals surface area contributed by atoms with Crippen molar-refractivity contribution < 1.29 is 26.3 Å². The van der Waals surface area contributed by atoms with Crippen LogP contribution < -0.4 is 0 Å². The van der Waals surface area contributed by atoms with E-state index in [4.69, 9.17) is 0 Å². The van der Waals surface area contributed by atoms with Crippen molar-refractivity contribution in [2.24, 2.45) is 10.3 Å². The third-order valence-corrected chi connectivity index (χ3v) is 6.90. The Morgan fingerprint density at radius 3 is 2.40 bits per heavy atom. The number of benzene rings is 2. The molecule has 30 heavy (non-hydrogen) atoms. The Morgan fingerprint density at radius 2 is 1.80 bits per heavy atom. The van der Waals surface area contributed by atoms with E-state index in [1.807, 2.05) is 0 Å². The Bertz CT molecular complexity index is 1160. The lowest BCUT2D eigenvalue weighted by molar-refractivity contribution is -0.159. The number of aromatic nitrogens is 2. The monoisotopic (exact) mass is 439 g/mol. The van der Waals surface area contributed by atoms with Crippen LogP contribution >= 0.6 is 0 Å².